The number of rotatable bonds is 0. The summed E-state index contributed by atoms with van der Waals surface area (Å²) in [6.07, 6.45) is 20.0. The average molecular weight is 299 g/mol. The van der Waals surface area contributed by atoms with E-state index in [1.165, 1.54) is 3.21 Å². The zero-order valence-corrected chi connectivity index (χ0v) is 12.5. The Kier molecular flexibility index (Phi) is 16.2. The molecule has 0 atom stereocenters. The average Bonchev–Trinajstić information content (AvgIpc) is 2.83. The maximum Gasteiger partial charge on any atom is -0.109 e. The van der Waals surface area contributed by atoms with E-state index in [0.717, 1.165) is 12.8 Å². The van der Waals surface area contributed by atoms with Crippen molar-refractivity contribution in [2.75, 3.05) is 0 Å². The summed E-state index contributed by atoms with van der Waals surface area (Å²) in [7, 11) is 0. The molecule has 80 valence electrons. The minimum absolute atomic E-state index is 0. The monoisotopic (exact) mass is 297 g/mol. The Labute approximate surface area is 115 Å². The molecule has 0 fully saturated rings. The molecule has 0 aromatic rings. The van der Waals surface area contributed by atoms with Gasteiger partial charge >= 0.3 is 41.3 Å². The number of hydrogen-bond acceptors (Lipinski definition) is 0. The van der Waals surface area contributed by atoms with Crippen LogP contribution in [0.4, 0.5) is 0 Å². The molecule has 0 bridgehead atoms. The maximum absolute atomic E-state index is 2.99. The first-order chi connectivity index (χ1) is 6.73. The summed E-state index contributed by atoms with van der Waals surface area (Å²) >= 11 is 1.55. The van der Waals surface area contributed by atoms with Crippen molar-refractivity contribution in [3.63, 3.8) is 0 Å². The molecule has 0 aromatic heterocycles. The van der Waals surface area contributed by atoms with Gasteiger partial charge in [0.25, 0.3) is 0 Å². The molecule has 0 radical (unpaired) electrons. The van der Waals surface area contributed by atoms with Crippen LogP contribution in [0.5, 0.6) is 0 Å². The van der Waals surface area contributed by atoms with Crippen LogP contribution in [-0.2, 0) is 24.2 Å². The fourth-order valence-corrected chi connectivity index (χ4v) is 0.680. The Morgan fingerprint density at radius 2 is 1.33 bits per heavy atom. The second kappa shape index (κ2) is 14.0. The molecular weight excluding hydrogens is 283 g/mol. The van der Waals surface area contributed by atoms with Crippen LogP contribution in [0.1, 0.15) is 26.7 Å². The largest absolute Gasteiger partial charge is 1.00 e. The van der Waals surface area contributed by atoms with Crippen molar-refractivity contribution in [3.8, 4) is 0 Å². The van der Waals surface area contributed by atoms with E-state index in [1.54, 1.807) is 24.2 Å². The van der Waals surface area contributed by atoms with Gasteiger partial charge in [0, 0.05) is 0 Å². The normalized spacial score (nSPS) is 13.6. The van der Waals surface area contributed by atoms with Gasteiger partial charge in [-0.15, -0.1) is 12.8 Å². The van der Waals surface area contributed by atoms with Crippen molar-refractivity contribution in [2.24, 2.45) is 0 Å². The minimum Gasteiger partial charge on any atom is -1.00 e. The molecule has 0 N–H and O–H groups in total. The van der Waals surface area contributed by atoms with E-state index in [4.69, 9.17) is 0 Å². The standard InChI is InChI=1S/2C5H5.C3H6.ClH.Zr/c2*1-2-4-5-3-1;1-3-2;;/h2*1-3H,4H2;1-2H3;1H;/q2*-1;;;+2/p-1. The minimum atomic E-state index is 0. The molecule has 0 aliphatic heterocycles. The van der Waals surface area contributed by atoms with E-state index >= 15 is 0 Å². The van der Waals surface area contributed by atoms with Crippen LogP contribution in [0.25, 0.3) is 0 Å². The van der Waals surface area contributed by atoms with Crippen LogP contribution < -0.4 is 12.4 Å². The first kappa shape index (κ1) is 17.4. The molecule has 0 aromatic carbocycles. The third kappa shape index (κ3) is 20.2. The molecule has 15 heavy (non-hydrogen) atoms. The van der Waals surface area contributed by atoms with Gasteiger partial charge in [-0.2, -0.15) is 12.2 Å². The van der Waals surface area contributed by atoms with E-state index in [9.17, 15) is 0 Å². The molecule has 2 aliphatic rings. The van der Waals surface area contributed by atoms with Crippen molar-refractivity contribution in [1.29, 1.82) is 0 Å². The first-order valence-electron chi connectivity index (χ1n) is 4.68. The summed E-state index contributed by atoms with van der Waals surface area (Å²) in [6, 6.07) is 0. The van der Waals surface area contributed by atoms with E-state index in [-0.39, 0.29) is 12.4 Å². The molecule has 0 spiro atoms. The van der Waals surface area contributed by atoms with Crippen LogP contribution in [0.2, 0.25) is 0 Å². The van der Waals surface area contributed by atoms with Gasteiger partial charge in [-0.05, 0) is 0 Å². The molecule has 0 amide bonds. The van der Waals surface area contributed by atoms with Gasteiger partial charge in [0.2, 0.25) is 0 Å². The number of allylic oxidation sites excluding steroid dienone is 8. The third-order valence-electron chi connectivity index (χ3n) is 1.17. The molecule has 0 nitrogen and oxygen atoms in total. The first-order valence-corrected chi connectivity index (χ1v) is 5.91. The SMILES string of the molecule is C[C](C)=[Zr+2].[C-]1=CC=CC1.[C-]1=CC=CC1.[Cl-]. The van der Waals surface area contributed by atoms with Gasteiger partial charge in [0.1, 0.15) is 0 Å². The zero-order chi connectivity index (χ0) is 10.6. The van der Waals surface area contributed by atoms with Crippen LogP contribution in [0.15, 0.2) is 36.5 Å². The van der Waals surface area contributed by atoms with E-state index < -0.39 is 0 Å². The Morgan fingerprint density at radius 1 is 1.00 bits per heavy atom. The molecule has 0 unspecified atom stereocenters. The summed E-state index contributed by atoms with van der Waals surface area (Å²) in [4.78, 5) is 0. The van der Waals surface area contributed by atoms with Crippen molar-refractivity contribution < 1.29 is 36.6 Å². The van der Waals surface area contributed by atoms with Gasteiger partial charge in [-0.1, -0.05) is 0 Å². The second-order valence-corrected chi connectivity index (χ2v) is 5.46. The van der Waals surface area contributed by atoms with Gasteiger partial charge in [0.15, 0.2) is 0 Å². The Balaban J connectivity index is 0. The molecule has 0 heterocycles. The van der Waals surface area contributed by atoms with E-state index in [2.05, 4.69) is 38.2 Å². The van der Waals surface area contributed by atoms with Crippen molar-refractivity contribution >= 4 is 3.21 Å². The summed E-state index contributed by atoms with van der Waals surface area (Å²) < 4.78 is 1.51. The topological polar surface area (TPSA) is 0 Å². The smallest absolute Gasteiger partial charge is 0.109 e. The van der Waals surface area contributed by atoms with Crippen molar-refractivity contribution in [2.45, 2.75) is 26.7 Å². The van der Waals surface area contributed by atoms with Crippen LogP contribution >= 0.6 is 0 Å². The van der Waals surface area contributed by atoms with Crippen molar-refractivity contribution in [1.82, 2.24) is 0 Å². The zero-order valence-electron chi connectivity index (χ0n) is 9.26. The fourth-order valence-electron chi connectivity index (χ4n) is 0.680. The second-order valence-electron chi connectivity index (χ2n) is 3.01. The molecule has 2 rings (SSSR count). The van der Waals surface area contributed by atoms with Gasteiger partial charge in [0.05, 0.1) is 0 Å². The van der Waals surface area contributed by atoms with Crippen LogP contribution in [0, 0.1) is 12.2 Å². The Hall–Kier alpha value is 0.00312. The predicted molar refractivity (Wildman–Crippen MR) is 59.5 cm³/mol. The molecule has 2 aliphatic carbocycles. The quantitative estimate of drug-likeness (QED) is 0.567. The summed E-state index contributed by atoms with van der Waals surface area (Å²) in [5.74, 6) is 0. The van der Waals surface area contributed by atoms with Gasteiger partial charge in [-0.25, -0.2) is 24.3 Å². The molecule has 0 saturated heterocycles. The molecule has 0 saturated carbocycles. The van der Waals surface area contributed by atoms with E-state index in [0.29, 0.717) is 0 Å². The number of hydrogen-bond donors (Lipinski definition) is 0. The maximum atomic E-state index is 2.99. The van der Waals surface area contributed by atoms with Crippen molar-refractivity contribution in [3.05, 3.63) is 48.6 Å². The Morgan fingerprint density at radius 3 is 1.40 bits per heavy atom. The summed E-state index contributed by atoms with van der Waals surface area (Å²) in [5.41, 5.74) is 0. The van der Waals surface area contributed by atoms with Crippen LogP contribution in [-0.4, -0.2) is 3.21 Å². The summed E-state index contributed by atoms with van der Waals surface area (Å²) in [6.45, 7) is 4.25. The predicted octanol–water partition coefficient (Wildman–Crippen LogP) is 0.361. The van der Waals surface area contributed by atoms with Gasteiger partial charge in [-0.3, -0.25) is 12.2 Å². The third-order valence-corrected chi connectivity index (χ3v) is 1.17. The van der Waals surface area contributed by atoms with Gasteiger partial charge < -0.3 is 12.4 Å². The summed E-state index contributed by atoms with van der Waals surface area (Å²) in [5, 5.41) is 0. The number of halogens is 1. The van der Waals surface area contributed by atoms with Crippen LogP contribution in [0.3, 0.4) is 0 Å². The Bertz CT molecular complexity index is 214. The molecular formula is C13H16ClZr-. The van der Waals surface area contributed by atoms with E-state index in [1.807, 2.05) is 24.3 Å². The fraction of sp³-hybridized carbons (Fsp3) is 0.308. The molecule has 2 heteroatoms.